The van der Waals surface area contributed by atoms with Crippen molar-refractivity contribution < 1.29 is 27.7 Å². The highest BCUT2D eigenvalue weighted by molar-refractivity contribution is 7.84. The van der Waals surface area contributed by atoms with E-state index in [1.54, 1.807) is 18.6 Å². The van der Waals surface area contributed by atoms with E-state index >= 15 is 0 Å². The molecule has 1 amide bonds. The summed E-state index contributed by atoms with van der Waals surface area (Å²) >= 11 is 0. The molecule has 0 saturated heterocycles. The first-order chi connectivity index (χ1) is 7.35. The Labute approximate surface area is 103 Å². The quantitative estimate of drug-likeness (QED) is 0.669. The summed E-state index contributed by atoms with van der Waals surface area (Å²) in [6.45, 7) is 6.63. The molecule has 0 atom stereocenters. The molecule has 0 heterocycles. The van der Waals surface area contributed by atoms with Gasteiger partial charge >= 0.3 is 16.3 Å². The van der Waals surface area contributed by atoms with Gasteiger partial charge in [-0.3, -0.25) is 0 Å². The zero-order valence-corrected chi connectivity index (χ0v) is 11.3. The van der Waals surface area contributed by atoms with Crippen LogP contribution >= 0.6 is 0 Å². The van der Waals surface area contributed by atoms with Crippen LogP contribution in [0, 0.1) is 0 Å². The lowest BCUT2D eigenvalue weighted by molar-refractivity contribution is -0.803. The van der Waals surface area contributed by atoms with Crippen molar-refractivity contribution in [3.05, 3.63) is 0 Å². The zero-order chi connectivity index (χ0) is 12.8. The van der Waals surface area contributed by atoms with Gasteiger partial charge in [-0.1, -0.05) is 13.3 Å². The highest BCUT2D eigenvalue weighted by Crippen LogP contribution is 2.15. The second kappa shape index (κ2) is 7.46. The molecule has 0 aliphatic rings. The van der Waals surface area contributed by atoms with Crippen LogP contribution in [0.5, 0.6) is 0 Å². The van der Waals surface area contributed by atoms with Gasteiger partial charge in [-0.15, -0.1) is 0 Å². The molecule has 7 nitrogen and oxygen atoms in total. The molecular weight excluding hydrogens is 248 g/mol. The van der Waals surface area contributed by atoms with Gasteiger partial charge in [-0.05, 0) is 20.3 Å². The van der Waals surface area contributed by atoms with Crippen LogP contribution in [-0.2, 0) is 10.2 Å². The topological polar surface area (TPSA) is 113 Å². The van der Waals surface area contributed by atoms with E-state index in [0.717, 1.165) is 12.8 Å². The minimum absolute atomic E-state index is 0. The van der Waals surface area contributed by atoms with Gasteiger partial charge in [0.05, 0.1) is 19.6 Å². The van der Waals surface area contributed by atoms with Crippen molar-refractivity contribution in [2.75, 3.05) is 19.6 Å². The third kappa shape index (κ3) is 4.49. The van der Waals surface area contributed by atoms with Crippen LogP contribution in [0.3, 0.4) is 0 Å². The Morgan fingerprint density at radius 3 is 2.00 bits per heavy atom. The molecule has 0 rings (SSSR count). The van der Waals surface area contributed by atoms with Gasteiger partial charge in [0.2, 0.25) is 0 Å². The number of nitrogens with zero attached hydrogens (tertiary/aromatic N) is 1. The number of carboxylic acid groups (broad SMARTS) is 1. The first-order valence-corrected chi connectivity index (χ1v) is 6.91. The normalized spacial score (nSPS) is 11.7. The van der Waals surface area contributed by atoms with Crippen molar-refractivity contribution in [1.82, 2.24) is 4.72 Å². The van der Waals surface area contributed by atoms with Crippen molar-refractivity contribution in [2.24, 2.45) is 0 Å². The molecule has 0 radical (unpaired) electrons. The maximum atomic E-state index is 11.9. The molecule has 0 unspecified atom stereocenters. The van der Waals surface area contributed by atoms with Crippen LogP contribution in [0.15, 0.2) is 0 Å². The second-order valence-corrected chi connectivity index (χ2v) is 5.58. The van der Waals surface area contributed by atoms with Crippen LogP contribution < -0.4 is 4.72 Å². The van der Waals surface area contributed by atoms with Crippen molar-refractivity contribution in [1.29, 1.82) is 0 Å². The molecule has 0 spiro atoms. The molecule has 0 saturated carbocycles. The highest BCUT2D eigenvalue weighted by atomic mass is 32.2. The number of hydrogen-bond acceptors (Lipinski definition) is 4. The Kier molecular flexibility index (Phi) is 8.12. The molecule has 0 aromatic rings. The van der Waals surface area contributed by atoms with E-state index in [2.05, 4.69) is 0 Å². The Morgan fingerprint density at radius 1 is 1.24 bits per heavy atom. The predicted octanol–water partition coefficient (Wildman–Crippen LogP) is 0.979. The number of amides is 1. The number of unbranched alkanes of at least 4 members (excludes halogenated alkanes) is 1. The molecule has 3 N–H and O–H groups in total. The molecular formula is C9H22N2O5S. The van der Waals surface area contributed by atoms with Crippen molar-refractivity contribution >= 4 is 16.3 Å². The number of rotatable bonds is 7. The molecule has 104 valence electrons. The molecule has 17 heavy (non-hydrogen) atoms. The van der Waals surface area contributed by atoms with Gasteiger partial charge in [0.25, 0.3) is 0 Å². The van der Waals surface area contributed by atoms with Gasteiger partial charge in [0.15, 0.2) is 0 Å². The molecule has 0 aliphatic carbocycles. The molecule has 0 bridgehead atoms. The van der Waals surface area contributed by atoms with Gasteiger partial charge < -0.3 is 10.6 Å². The largest absolute Gasteiger partial charge is 0.870 e. The van der Waals surface area contributed by atoms with E-state index in [1.807, 2.05) is 6.92 Å². The van der Waals surface area contributed by atoms with E-state index in [-0.39, 0.29) is 9.36 Å². The van der Waals surface area contributed by atoms with Gasteiger partial charge in [0.1, 0.15) is 0 Å². The maximum Gasteiger partial charge on any atom is 0.422 e. The lowest BCUT2D eigenvalue weighted by Gasteiger charge is -2.33. The number of nitrogens with one attached hydrogen (secondary N) is 1. The van der Waals surface area contributed by atoms with Gasteiger partial charge in [-0.2, -0.15) is 13.1 Å². The minimum Gasteiger partial charge on any atom is -0.870 e. The lowest BCUT2D eigenvalue weighted by Crippen LogP contribution is -2.58. The molecule has 8 heteroatoms. The highest BCUT2D eigenvalue weighted by Gasteiger charge is 2.39. The fourth-order valence-corrected chi connectivity index (χ4v) is 3.12. The predicted molar refractivity (Wildman–Crippen MR) is 63.1 cm³/mol. The van der Waals surface area contributed by atoms with Crippen LogP contribution in [0.2, 0.25) is 0 Å². The summed E-state index contributed by atoms with van der Waals surface area (Å²) < 4.78 is 25.2. The fourth-order valence-electron chi connectivity index (χ4n) is 1.65. The van der Waals surface area contributed by atoms with Crippen molar-refractivity contribution in [3.8, 4) is 0 Å². The van der Waals surface area contributed by atoms with Gasteiger partial charge in [-0.25, -0.2) is 8.68 Å². The Bertz CT molecular complexity index is 324. The van der Waals surface area contributed by atoms with Crippen LogP contribution in [-0.4, -0.2) is 48.6 Å². The lowest BCUT2D eigenvalue weighted by atomic mass is 10.3. The summed E-state index contributed by atoms with van der Waals surface area (Å²) in [4.78, 5) is 10.5. The SMILES string of the molecule is CCCC[N+](CC)(CC)S(=O)(=O)NC(=O)O.[OH-]. The molecule has 0 aromatic heterocycles. The summed E-state index contributed by atoms with van der Waals surface area (Å²) in [7, 11) is -3.87. The molecule has 0 aliphatic heterocycles. The second-order valence-electron chi connectivity index (χ2n) is 3.65. The third-order valence-corrected chi connectivity index (χ3v) is 4.95. The van der Waals surface area contributed by atoms with E-state index in [9.17, 15) is 13.2 Å². The first-order valence-electron chi connectivity index (χ1n) is 5.47. The minimum atomic E-state index is -3.87. The van der Waals surface area contributed by atoms with Crippen molar-refractivity contribution in [3.63, 3.8) is 0 Å². The standard InChI is InChI=1S/C9H20N2O4S.H2O/c1-4-7-8-11(5-2,6-3)16(14,15)10-9(12)13;/h10H,4-8H2,1-3H3;1H2. The summed E-state index contributed by atoms with van der Waals surface area (Å²) in [6, 6.07) is 0. The van der Waals surface area contributed by atoms with Crippen LogP contribution in [0.25, 0.3) is 0 Å². The van der Waals surface area contributed by atoms with E-state index in [1.165, 1.54) is 0 Å². The fraction of sp³-hybridized carbons (Fsp3) is 0.889. The van der Waals surface area contributed by atoms with Gasteiger partial charge in [0, 0.05) is 0 Å². The third-order valence-electron chi connectivity index (χ3n) is 2.80. The average molecular weight is 270 g/mol. The summed E-state index contributed by atoms with van der Waals surface area (Å²) in [5, 5.41) is 8.53. The van der Waals surface area contributed by atoms with Crippen LogP contribution in [0.4, 0.5) is 4.79 Å². The first kappa shape index (κ1) is 18.5. The van der Waals surface area contributed by atoms with E-state index in [0.29, 0.717) is 19.6 Å². The summed E-state index contributed by atoms with van der Waals surface area (Å²) in [5.74, 6) is 0. The Balaban J connectivity index is 0. The molecule has 0 aromatic carbocycles. The Hall–Kier alpha value is -0.860. The van der Waals surface area contributed by atoms with E-state index in [4.69, 9.17) is 5.11 Å². The van der Waals surface area contributed by atoms with Crippen LogP contribution in [0.1, 0.15) is 33.6 Å². The smallest absolute Gasteiger partial charge is 0.422 e. The zero-order valence-electron chi connectivity index (χ0n) is 10.5. The Morgan fingerprint density at radius 2 is 1.71 bits per heavy atom. The summed E-state index contributed by atoms with van der Waals surface area (Å²) in [5.41, 5.74) is 0. The van der Waals surface area contributed by atoms with Crippen molar-refractivity contribution in [2.45, 2.75) is 33.6 Å². The number of hydrogen-bond donors (Lipinski definition) is 2. The summed E-state index contributed by atoms with van der Waals surface area (Å²) in [6.07, 6.45) is 0.103. The molecule has 0 fully saturated rings. The number of carbonyl (C=O) groups is 1. The maximum absolute atomic E-state index is 11.9. The van der Waals surface area contributed by atoms with E-state index < -0.39 is 16.3 Å². The number of quaternary nitrogens is 1. The monoisotopic (exact) mass is 270 g/mol. The average Bonchev–Trinajstić information content (AvgIpc) is 2.17.